The first-order chi connectivity index (χ1) is 14.2. The molecule has 2 aliphatic heterocycles. The van der Waals surface area contributed by atoms with Crippen LogP contribution in [0.25, 0.3) is 0 Å². The van der Waals surface area contributed by atoms with Crippen molar-refractivity contribution in [1.82, 2.24) is 15.5 Å². The van der Waals surface area contributed by atoms with Crippen LogP contribution in [0.4, 0.5) is 4.79 Å². The summed E-state index contributed by atoms with van der Waals surface area (Å²) in [6.45, 7) is 10.4. The average molecular weight is 418 g/mol. The van der Waals surface area contributed by atoms with Gasteiger partial charge in [0.1, 0.15) is 5.60 Å². The molecule has 0 saturated carbocycles. The Labute approximate surface area is 179 Å². The Kier molecular flexibility index (Phi) is 7.03. The van der Waals surface area contributed by atoms with Gasteiger partial charge in [-0.15, -0.1) is 0 Å². The minimum absolute atomic E-state index is 0.00478. The smallest absolute Gasteiger partial charge is 0.410 e. The van der Waals surface area contributed by atoms with Crippen molar-refractivity contribution in [2.75, 3.05) is 32.8 Å². The summed E-state index contributed by atoms with van der Waals surface area (Å²) in [7, 11) is 0. The molecule has 0 aromatic heterocycles. The maximum Gasteiger partial charge on any atom is 0.410 e. The highest BCUT2D eigenvalue weighted by atomic mass is 16.6. The van der Waals surface area contributed by atoms with E-state index < -0.39 is 5.60 Å². The molecule has 2 aliphatic rings. The molecule has 1 aromatic rings. The number of benzene rings is 1. The van der Waals surface area contributed by atoms with E-state index in [-0.39, 0.29) is 29.5 Å². The van der Waals surface area contributed by atoms with Gasteiger partial charge in [-0.2, -0.15) is 0 Å². The van der Waals surface area contributed by atoms with E-state index in [2.05, 4.69) is 29.7 Å². The molecule has 3 rings (SSSR count). The van der Waals surface area contributed by atoms with Gasteiger partial charge in [0.05, 0.1) is 5.92 Å². The molecule has 0 aliphatic carbocycles. The molecule has 2 N–H and O–H groups in total. The van der Waals surface area contributed by atoms with Crippen LogP contribution in [0, 0.1) is 5.92 Å². The number of rotatable bonds is 6. The molecule has 0 radical (unpaired) electrons. The van der Waals surface area contributed by atoms with Crippen LogP contribution >= 0.6 is 0 Å². The van der Waals surface area contributed by atoms with Crippen molar-refractivity contribution in [2.24, 2.45) is 5.92 Å². The molecule has 30 heavy (non-hydrogen) atoms. The number of carbonyl (C=O) groups is 2. The number of hydrogen-bond donors (Lipinski definition) is 2. The van der Waals surface area contributed by atoms with Crippen molar-refractivity contribution in [3.63, 3.8) is 0 Å². The van der Waals surface area contributed by atoms with Crippen molar-refractivity contribution in [2.45, 2.75) is 57.7 Å². The number of nitrogens with one attached hydrogen (secondary N) is 2. The van der Waals surface area contributed by atoms with Crippen molar-refractivity contribution in [3.8, 4) is 0 Å². The van der Waals surface area contributed by atoms with Crippen LogP contribution in [0.5, 0.6) is 0 Å². The maximum atomic E-state index is 12.7. The summed E-state index contributed by atoms with van der Waals surface area (Å²) in [5.74, 6) is -0.184. The minimum Gasteiger partial charge on any atom is -0.444 e. The lowest BCUT2D eigenvalue weighted by molar-refractivity contribution is -0.130. The Balaban J connectivity index is 1.51. The van der Waals surface area contributed by atoms with E-state index in [1.54, 1.807) is 4.90 Å². The highest BCUT2D eigenvalue weighted by Crippen LogP contribution is 2.26. The van der Waals surface area contributed by atoms with E-state index in [1.165, 1.54) is 5.56 Å². The van der Waals surface area contributed by atoms with Gasteiger partial charge in [0.2, 0.25) is 5.91 Å². The summed E-state index contributed by atoms with van der Waals surface area (Å²) >= 11 is 0. The molecule has 0 bridgehead atoms. The zero-order chi connectivity index (χ0) is 21.8. The monoisotopic (exact) mass is 417 g/mol. The zero-order valence-corrected chi connectivity index (χ0v) is 18.6. The van der Waals surface area contributed by atoms with Gasteiger partial charge in [-0.05, 0) is 46.1 Å². The molecule has 166 valence electrons. The number of hydrogen-bond acceptors (Lipinski definition) is 5. The summed E-state index contributed by atoms with van der Waals surface area (Å²) in [5, 5.41) is 6.88. The molecule has 2 heterocycles. The number of amides is 2. The molecule has 1 atom stereocenters. The summed E-state index contributed by atoms with van der Waals surface area (Å²) in [5.41, 5.74) is 0.500. The zero-order valence-electron chi connectivity index (χ0n) is 18.6. The maximum absolute atomic E-state index is 12.7. The molecule has 2 fully saturated rings. The van der Waals surface area contributed by atoms with Crippen LogP contribution in [0.15, 0.2) is 30.3 Å². The standard InChI is InChI=1S/C23H35N3O4/c1-17(18-8-6-5-7-9-18)25-23(10-12-29-13-11-23)16-24-20(27)19-14-26(15-19)21(28)30-22(2,3)4/h5-9,17,19,25H,10-16H2,1-4H3,(H,24,27)/t17-/m1/s1. The molecule has 0 spiro atoms. The fraction of sp³-hybridized carbons (Fsp3) is 0.652. The molecular formula is C23H35N3O4. The van der Waals surface area contributed by atoms with Gasteiger partial charge < -0.3 is 25.0 Å². The van der Waals surface area contributed by atoms with Crippen molar-refractivity contribution in [1.29, 1.82) is 0 Å². The first kappa shape index (κ1) is 22.6. The van der Waals surface area contributed by atoms with Crippen LogP contribution < -0.4 is 10.6 Å². The summed E-state index contributed by atoms with van der Waals surface area (Å²) in [4.78, 5) is 26.3. The van der Waals surface area contributed by atoms with Gasteiger partial charge in [0.15, 0.2) is 0 Å². The van der Waals surface area contributed by atoms with Gasteiger partial charge >= 0.3 is 6.09 Å². The van der Waals surface area contributed by atoms with E-state index in [9.17, 15) is 9.59 Å². The predicted molar refractivity (Wildman–Crippen MR) is 115 cm³/mol. The Morgan fingerprint density at radius 1 is 1.20 bits per heavy atom. The van der Waals surface area contributed by atoms with Crippen LogP contribution in [-0.4, -0.2) is 60.9 Å². The van der Waals surface area contributed by atoms with E-state index in [1.807, 2.05) is 39.0 Å². The highest BCUT2D eigenvalue weighted by Gasteiger charge is 2.40. The lowest BCUT2D eigenvalue weighted by Gasteiger charge is -2.42. The van der Waals surface area contributed by atoms with Gasteiger partial charge in [-0.3, -0.25) is 4.79 Å². The Morgan fingerprint density at radius 3 is 2.43 bits per heavy atom. The van der Waals surface area contributed by atoms with E-state index in [0.29, 0.717) is 32.8 Å². The summed E-state index contributed by atoms with van der Waals surface area (Å²) < 4.78 is 10.9. The number of carbonyl (C=O) groups excluding carboxylic acids is 2. The minimum atomic E-state index is -0.527. The number of nitrogens with zero attached hydrogens (tertiary/aromatic N) is 1. The van der Waals surface area contributed by atoms with Gasteiger partial charge in [-0.1, -0.05) is 30.3 Å². The third-order valence-corrected chi connectivity index (χ3v) is 5.78. The predicted octanol–water partition coefficient (Wildman–Crippen LogP) is 2.87. The SMILES string of the molecule is C[C@@H](NC1(CNC(=O)C2CN(C(=O)OC(C)(C)C)C2)CCOCC1)c1ccccc1. The Bertz CT molecular complexity index is 720. The van der Waals surface area contributed by atoms with Crippen molar-refractivity contribution < 1.29 is 19.1 Å². The summed E-state index contributed by atoms with van der Waals surface area (Å²) in [6.07, 6.45) is 1.34. The van der Waals surface area contributed by atoms with Crippen LogP contribution in [-0.2, 0) is 14.3 Å². The fourth-order valence-electron chi connectivity index (χ4n) is 3.94. The van der Waals surface area contributed by atoms with E-state index in [4.69, 9.17) is 9.47 Å². The molecule has 2 amide bonds. The second kappa shape index (κ2) is 9.35. The third kappa shape index (κ3) is 5.95. The lowest BCUT2D eigenvalue weighted by atomic mass is 9.87. The molecule has 7 nitrogen and oxygen atoms in total. The van der Waals surface area contributed by atoms with Crippen molar-refractivity contribution >= 4 is 12.0 Å². The number of likely N-dealkylation sites (tertiary alicyclic amines) is 1. The molecule has 1 aromatic carbocycles. The van der Waals surface area contributed by atoms with Crippen LogP contribution in [0.1, 0.15) is 52.1 Å². The fourth-order valence-corrected chi connectivity index (χ4v) is 3.94. The van der Waals surface area contributed by atoms with Gasteiger partial charge in [0.25, 0.3) is 0 Å². The van der Waals surface area contributed by atoms with Crippen LogP contribution in [0.3, 0.4) is 0 Å². The quantitative estimate of drug-likeness (QED) is 0.744. The normalized spacial score (nSPS) is 20.2. The average Bonchev–Trinajstić information content (AvgIpc) is 2.65. The molecule has 7 heteroatoms. The van der Waals surface area contributed by atoms with Crippen LogP contribution in [0.2, 0.25) is 0 Å². The molecule has 0 unspecified atom stereocenters. The first-order valence-corrected chi connectivity index (χ1v) is 10.8. The van der Waals surface area contributed by atoms with E-state index >= 15 is 0 Å². The lowest BCUT2D eigenvalue weighted by Crippen LogP contribution is -2.61. The number of ether oxygens (including phenoxy) is 2. The Hall–Kier alpha value is -2.12. The first-order valence-electron chi connectivity index (χ1n) is 10.8. The molecule has 2 saturated heterocycles. The van der Waals surface area contributed by atoms with Gasteiger partial charge in [-0.25, -0.2) is 4.79 Å². The highest BCUT2D eigenvalue weighted by molar-refractivity contribution is 5.82. The van der Waals surface area contributed by atoms with Crippen molar-refractivity contribution in [3.05, 3.63) is 35.9 Å². The Morgan fingerprint density at radius 2 is 1.83 bits per heavy atom. The molecular weight excluding hydrogens is 382 g/mol. The topological polar surface area (TPSA) is 79.9 Å². The largest absolute Gasteiger partial charge is 0.444 e. The second-order valence-corrected chi connectivity index (χ2v) is 9.47. The third-order valence-electron chi connectivity index (χ3n) is 5.78. The van der Waals surface area contributed by atoms with E-state index in [0.717, 1.165) is 12.8 Å². The second-order valence-electron chi connectivity index (χ2n) is 9.47. The van der Waals surface area contributed by atoms with Gasteiger partial charge in [0, 0.05) is 44.4 Å². The summed E-state index contributed by atoms with van der Waals surface area (Å²) in [6, 6.07) is 10.5.